The second-order valence-corrected chi connectivity index (χ2v) is 10.6. The number of rotatable bonds is 6. The van der Waals surface area contributed by atoms with Crippen LogP contribution in [0.3, 0.4) is 0 Å². The molecule has 0 bridgehead atoms. The second kappa shape index (κ2) is 10.0. The van der Waals surface area contributed by atoms with Gasteiger partial charge in [-0.2, -0.15) is 9.78 Å². The lowest BCUT2D eigenvalue weighted by molar-refractivity contribution is 0.613. The van der Waals surface area contributed by atoms with E-state index < -0.39 is 0 Å². The van der Waals surface area contributed by atoms with Crippen LogP contribution in [0.1, 0.15) is 43.1 Å². The van der Waals surface area contributed by atoms with E-state index in [1.165, 1.54) is 21.0 Å². The fraction of sp³-hybridized carbons (Fsp3) is 0.156. The van der Waals surface area contributed by atoms with E-state index in [4.69, 9.17) is 10.1 Å². The summed E-state index contributed by atoms with van der Waals surface area (Å²) >= 11 is 3.48. The first kappa shape index (κ1) is 24.3. The van der Waals surface area contributed by atoms with Gasteiger partial charge >= 0.3 is 0 Å². The fourth-order valence-electron chi connectivity index (χ4n) is 5.02. The van der Waals surface area contributed by atoms with Gasteiger partial charge < -0.3 is 4.57 Å². The molecule has 0 amide bonds. The van der Waals surface area contributed by atoms with Gasteiger partial charge in [0.1, 0.15) is 5.82 Å². The third-order valence-electron chi connectivity index (χ3n) is 7.24. The normalized spacial score (nSPS) is 12.7. The maximum Gasteiger partial charge on any atom is 0.282 e. The van der Waals surface area contributed by atoms with Gasteiger partial charge in [-0.3, -0.25) is 4.79 Å². The van der Waals surface area contributed by atoms with Gasteiger partial charge in [0.15, 0.2) is 0 Å². The van der Waals surface area contributed by atoms with Crippen LogP contribution in [-0.2, 0) is 6.54 Å². The second-order valence-electron chi connectivity index (χ2n) is 9.67. The Kier molecular flexibility index (Phi) is 6.42. The zero-order valence-corrected chi connectivity index (χ0v) is 22.9. The van der Waals surface area contributed by atoms with Crippen LogP contribution < -0.4 is 5.56 Å². The largest absolute Gasteiger partial charge is 0.342 e. The Morgan fingerprint density at radius 2 is 1.71 bits per heavy atom. The van der Waals surface area contributed by atoms with Gasteiger partial charge in [-0.25, -0.2) is 4.98 Å². The van der Waals surface area contributed by atoms with E-state index in [0.717, 1.165) is 33.9 Å². The highest BCUT2D eigenvalue weighted by Crippen LogP contribution is 2.25. The monoisotopic (exact) mass is 562 g/mol. The number of aromatic nitrogens is 3. The topological polar surface area (TPSA) is 52.2 Å². The Bertz CT molecular complexity index is 1890. The number of benzene rings is 4. The quantitative estimate of drug-likeness (QED) is 0.195. The predicted octanol–water partition coefficient (Wildman–Crippen LogP) is 7.71. The third-order valence-corrected chi connectivity index (χ3v) is 7.73. The Morgan fingerprint density at radius 1 is 0.947 bits per heavy atom. The Morgan fingerprint density at radius 3 is 2.55 bits per heavy atom. The number of nitrogens with zero attached hydrogens (tertiary/aromatic N) is 4. The van der Waals surface area contributed by atoms with Crippen LogP contribution in [0.4, 0.5) is 0 Å². The first-order valence-electron chi connectivity index (χ1n) is 12.8. The van der Waals surface area contributed by atoms with Gasteiger partial charge in [-0.15, -0.1) is 0 Å². The first-order valence-corrected chi connectivity index (χ1v) is 13.6. The molecule has 38 heavy (non-hydrogen) atoms. The summed E-state index contributed by atoms with van der Waals surface area (Å²) in [5, 5.41) is 8.85. The molecule has 4 aromatic carbocycles. The van der Waals surface area contributed by atoms with Crippen molar-refractivity contribution in [3.63, 3.8) is 0 Å². The highest BCUT2D eigenvalue weighted by molar-refractivity contribution is 9.10. The molecule has 5 nitrogen and oxygen atoms in total. The van der Waals surface area contributed by atoms with Crippen molar-refractivity contribution < 1.29 is 0 Å². The average molecular weight is 563 g/mol. The molecule has 0 fully saturated rings. The van der Waals surface area contributed by atoms with Crippen LogP contribution in [0.15, 0.2) is 105 Å². The van der Waals surface area contributed by atoms with E-state index in [0.29, 0.717) is 16.7 Å². The fourth-order valence-corrected chi connectivity index (χ4v) is 5.38. The minimum absolute atomic E-state index is 0.0839. The predicted molar refractivity (Wildman–Crippen MR) is 160 cm³/mol. The number of hydrogen-bond donors (Lipinski definition) is 0. The van der Waals surface area contributed by atoms with Crippen molar-refractivity contribution in [3.05, 3.63) is 123 Å². The zero-order chi connectivity index (χ0) is 26.2. The van der Waals surface area contributed by atoms with Gasteiger partial charge in [-0.1, -0.05) is 90.4 Å². The lowest BCUT2D eigenvalue weighted by Gasteiger charge is -2.13. The van der Waals surface area contributed by atoms with Crippen molar-refractivity contribution in [2.45, 2.75) is 32.7 Å². The summed E-state index contributed by atoms with van der Waals surface area (Å²) in [5.41, 5.74) is 3.86. The lowest BCUT2D eigenvalue weighted by atomic mass is 10.0. The van der Waals surface area contributed by atoms with Crippen molar-refractivity contribution in [2.75, 3.05) is 0 Å². The number of halogens is 1. The van der Waals surface area contributed by atoms with Crippen LogP contribution >= 0.6 is 15.9 Å². The summed E-state index contributed by atoms with van der Waals surface area (Å²) in [6.07, 6.45) is 4.77. The highest BCUT2D eigenvalue weighted by atomic mass is 79.9. The Labute approximate surface area is 229 Å². The molecule has 0 saturated carbocycles. The van der Waals surface area contributed by atoms with Crippen LogP contribution in [0.25, 0.3) is 32.6 Å². The molecule has 2 heterocycles. The van der Waals surface area contributed by atoms with E-state index in [2.05, 4.69) is 101 Å². The summed E-state index contributed by atoms with van der Waals surface area (Å²) in [5.74, 6) is 0.753. The van der Waals surface area contributed by atoms with Crippen LogP contribution in [0.2, 0.25) is 0 Å². The molecular formula is C32H27BrN4O. The zero-order valence-electron chi connectivity index (χ0n) is 21.3. The molecule has 1 atom stereocenters. The SMILES string of the molecule is CC[C@@H](C)c1nc2ccc(Br)cc2c(=O)n1N=Cc1cn(Cc2cccc3ccccc23)c2ccccc12. The minimum Gasteiger partial charge on any atom is -0.342 e. The van der Waals surface area contributed by atoms with Gasteiger partial charge in [0.05, 0.1) is 17.1 Å². The molecular weight excluding hydrogens is 536 g/mol. The molecule has 6 rings (SSSR count). The van der Waals surface area contributed by atoms with Crippen LogP contribution in [-0.4, -0.2) is 20.4 Å². The molecule has 0 N–H and O–H groups in total. The van der Waals surface area contributed by atoms with E-state index in [9.17, 15) is 4.79 Å². The smallest absolute Gasteiger partial charge is 0.282 e. The third kappa shape index (κ3) is 4.35. The Hall–Kier alpha value is -4.03. The van der Waals surface area contributed by atoms with Crippen molar-refractivity contribution in [1.82, 2.24) is 14.2 Å². The van der Waals surface area contributed by atoms with Gasteiger partial charge in [0.2, 0.25) is 0 Å². The summed E-state index contributed by atoms with van der Waals surface area (Å²) in [6.45, 7) is 4.91. The molecule has 0 saturated heterocycles. The molecule has 0 aliphatic heterocycles. The van der Waals surface area contributed by atoms with E-state index in [1.54, 1.807) is 6.21 Å². The van der Waals surface area contributed by atoms with Crippen molar-refractivity contribution in [3.8, 4) is 0 Å². The average Bonchev–Trinajstić information content (AvgIpc) is 3.29. The van der Waals surface area contributed by atoms with Crippen LogP contribution in [0.5, 0.6) is 0 Å². The maximum absolute atomic E-state index is 13.6. The van der Waals surface area contributed by atoms with Crippen molar-refractivity contribution in [2.24, 2.45) is 5.10 Å². The number of para-hydroxylation sites is 1. The molecule has 6 heteroatoms. The Balaban J connectivity index is 1.47. The molecule has 2 aromatic heterocycles. The number of fused-ring (bicyclic) bond motifs is 3. The number of hydrogen-bond acceptors (Lipinski definition) is 3. The van der Waals surface area contributed by atoms with Crippen molar-refractivity contribution >= 4 is 54.7 Å². The summed E-state index contributed by atoms with van der Waals surface area (Å²) in [7, 11) is 0. The molecule has 0 radical (unpaired) electrons. The maximum atomic E-state index is 13.6. The summed E-state index contributed by atoms with van der Waals surface area (Å²) in [6, 6.07) is 28.8. The molecule has 0 unspecified atom stereocenters. The molecule has 0 aliphatic carbocycles. The standard InChI is InChI=1S/C32H27BrN4O/c1-3-21(2)31-35-29-16-15-25(33)17-28(29)32(38)37(31)34-18-24-20-36(30-14-7-6-13-27(24)30)19-23-11-8-10-22-9-4-5-12-26(22)23/h4-18,20-21H,3,19H2,1-2H3/t21-/m1/s1. The van der Waals surface area contributed by atoms with Crippen molar-refractivity contribution in [1.29, 1.82) is 0 Å². The highest BCUT2D eigenvalue weighted by Gasteiger charge is 2.16. The lowest BCUT2D eigenvalue weighted by Crippen LogP contribution is -2.23. The van der Waals surface area contributed by atoms with E-state index >= 15 is 0 Å². The van der Waals surface area contributed by atoms with Gasteiger partial charge in [0, 0.05) is 39.6 Å². The minimum atomic E-state index is -0.164. The van der Waals surface area contributed by atoms with Gasteiger partial charge in [0.25, 0.3) is 5.56 Å². The summed E-state index contributed by atoms with van der Waals surface area (Å²) in [4.78, 5) is 18.4. The van der Waals surface area contributed by atoms with E-state index in [1.807, 2.05) is 24.3 Å². The van der Waals surface area contributed by atoms with Crippen LogP contribution in [0, 0.1) is 0 Å². The van der Waals surface area contributed by atoms with E-state index in [-0.39, 0.29) is 11.5 Å². The first-order chi connectivity index (χ1) is 18.5. The van der Waals surface area contributed by atoms with Gasteiger partial charge in [-0.05, 0) is 47.0 Å². The molecule has 0 spiro atoms. The summed E-state index contributed by atoms with van der Waals surface area (Å²) < 4.78 is 4.57. The molecule has 188 valence electrons. The molecule has 6 aromatic rings. The molecule has 0 aliphatic rings.